The quantitative estimate of drug-likeness (QED) is 0.618. The lowest BCUT2D eigenvalue weighted by molar-refractivity contribution is 0.741. The lowest BCUT2D eigenvalue weighted by Gasteiger charge is -2.08. The van der Waals surface area contributed by atoms with E-state index in [1.807, 2.05) is 43.4 Å². The van der Waals surface area contributed by atoms with Crippen molar-refractivity contribution in [1.82, 2.24) is 19.7 Å². The van der Waals surface area contributed by atoms with E-state index in [0.717, 1.165) is 35.5 Å². The van der Waals surface area contributed by atoms with Crippen molar-refractivity contribution in [2.24, 2.45) is 7.05 Å². The summed E-state index contributed by atoms with van der Waals surface area (Å²) in [5.74, 6) is 1.65. The molecule has 0 radical (unpaired) electrons. The molecule has 0 saturated heterocycles. The molecule has 102 valence electrons. The van der Waals surface area contributed by atoms with Crippen molar-refractivity contribution in [3.8, 4) is 0 Å². The summed E-state index contributed by atoms with van der Waals surface area (Å²) in [4.78, 5) is 8.74. The summed E-state index contributed by atoms with van der Waals surface area (Å²) < 4.78 is 1.81. The number of anilines is 2. The molecule has 7 heteroatoms. The van der Waals surface area contributed by atoms with E-state index >= 15 is 0 Å². The van der Waals surface area contributed by atoms with Gasteiger partial charge in [-0.25, -0.2) is 9.97 Å². The molecule has 2 aromatic rings. The minimum Gasteiger partial charge on any atom is -0.373 e. The highest BCUT2D eigenvalue weighted by atomic mass is 32.2. The lowest BCUT2D eigenvalue weighted by atomic mass is 10.3. The van der Waals surface area contributed by atoms with Crippen LogP contribution in [0.5, 0.6) is 0 Å². The highest BCUT2D eigenvalue weighted by Crippen LogP contribution is 2.16. The number of thioether (sulfide) groups is 1. The summed E-state index contributed by atoms with van der Waals surface area (Å²) in [7, 11) is 3.77. The third-order valence-corrected chi connectivity index (χ3v) is 3.15. The first-order valence-corrected chi connectivity index (χ1v) is 7.27. The van der Waals surface area contributed by atoms with Crippen LogP contribution in [0, 0.1) is 0 Å². The fourth-order valence-electron chi connectivity index (χ4n) is 1.65. The molecular weight excluding hydrogens is 260 g/mol. The molecule has 0 aliphatic heterocycles. The van der Waals surface area contributed by atoms with Gasteiger partial charge in [-0.15, -0.1) is 0 Å². The normalized spacial score (nSPS) is 10.5. The van der Waals surface area contributed by atoms with Crippen molar-refractivity contribution < 1.29 is 0 Å². The zero-order valence-electron chi connectivity index (χ0n) is 11.3. The lowest BCUT2D eigenvalue weighted by Crippen LogP contribution is -2.08. The summed E-state index contributed by atoms with van der Waals surface area (Å²) in [6.45, 7) is 0.797. The summed E-state index contributed by atoms with van der Waals surface area (Å²) in [6.07, 6.45) is 4.78. The van der Waals surface area contributed by atoms with E-state index < -0.39 is 0 Å². The van der Waals surface area contributed by atoms with Gasteiger partial charge in [0.2, 0.25) is 0 Å². The largest absolute Gasteiger partial charge is 0.373 e. The summed E-state index contributed by atoms with van der Waals surface area (Å²) in [5.41, 5.74) is 1.07. The van der Waals surface area contributed by atoms with Crippen LogP contribution in [0.2, 0.25) is 0 Å². The minimum absolute atomic E-state index is 0.757. The van der Waals surface area contributed by atoms with Gasteiger partial charge in [0.1, 0.15) is 11.6 Å². The Morgan fingerprint density at radius 3 is 2.74 bits per heavy atom. The van der Waals surface area contributed by atoms with Crippen LogP contribution in [0.15, 0.2) is 23.5 Å². The van der Waals surface area contributed by atoms with Gasteiger partial charge < -0.3 is 10.6 Å². The van der Waals surface area contributed by atoms with Gasteiger partial charge in [-0.1, -0.05) is 11.8 Å². The SMILES string of the molecule is CNc1cc(NCCc2ccn(C)n2)nc(SC)n1. The summed E-state index contributed by atoms with van der Waals surface area (Å²) >= 11 is 1.53. The van der Waals surface area contributed by atoms with Crippen molar-refractivity contribution in [3.05, 3.63) is 24.0 Å². The Morgan fingerprint density at radius 1 is 1.32 bits per heavy atom. The zero-order valence-corrected chi connectivity index (χ0v) is 12.2. The van der Waals surface area contributed by atoms with Crippen LogP contribution in [0.4, 0.5) is 11.6 Å². The van der Waals surface area contributed by atoms with Crippen LogP contribution < -0.4 is 10.6 Å². The molecule has 2 heterocycles. The average molecular weight is 278 g/mol. The van der Waals surface area contributed by atoms with Crippen LogP contribution >= 0.6 is 11.8 Å². The van der Waals surface area contributed by atoms with E-state index in [9.17, 15) is 0 Å². The van der Waals surface area contributed by atoms with Gasteiger partial charge in [0.25, 0.3) is 0 Å². The Bertz CT molecular complexity index is 517. The van der Waals surface area contributed by atoms with Crippen LogP contribution in [0.3, 0.4) is 0 Å². The maximum atomic E-state index is 4.41. The van der Waals surface area contributed by atoms with E-state index in [4.69, 9.17) is 0 Å². The predicted molar refractivity (Wildman–Crippen MR) is 78.8 cm³/mol. The molecule has 0 amide bonds. The van der Waals surface area contributed by atoms with Crippen molar-refractivity contribution >= 4 is 23.4 Å². The number of aryl methyl sites for hydroxylation is 1. The predicted octanol–water partition coefficient (Wildman–Crippen LogP) is 1.63. The number of hydrogen-bond donors (Lipinski definition) is 2. The first kappa shape index (κ1) is 13.7. The first-order valence-electron chi connectivity index (χ1n) is 6.04. The Balaban J connectivity index is 1.95. The second kappa shape index (κ2) is 6.42. The summed E-state index contributed by atoms with van der Waals surface area (Å²) in [5, 5.41) is 11.4. The molecule has 0 aliphatic rings. The highest BCUT2D eigenvalue weighted by Gasteiger charge is 2.03. The van der Waals surface area contributed by atoms with E-state index in [-0.39, 0.29) is 0 Å². The molecule has 2 N–H and O–H groups in total. The van der Waals surface area contributed by atoms with Gasteiger partial charge in [-0.05, 0) is 12.3 Å². The van der Waals surface area contributed by atoms with Gasteiger partial charge in [0.15, 0.2) is 5.16 Å². The van der Waals surface area contributed by atoms with Crippen molar-refractivity contribution in [3.63, 3.8) is 0 Å². The van der Waals surface area contributed by atoms with Crippen LogP contribution in [-0.4, -0.2) is 39.6 Å². The molecule has 0 spiro atoms. The molecule has 0 atom stereocenters. The van der Waals surface area contributed by atoms with Crippen molar-refractivity contribution in [2.45, 2.75) is 11.6 Å². The second-order valence-corrected chi connectivity index (χ2v) is 4.81. The van der Waals surface area contributed by atoms with Crippen molar-refractivity contribution in [1.29, 1.82) is 0 Å². The smallest absolute Gasteiger partial charge is 0.191 e. The maximum Gasteiger partial charge on any atom is 0.191 e. The Labute approximate surface area is 117 Å². The molecule has 2 rings (SSSR count). The molecule has 2 aromatic heterocycles. The van der Waals surface area contributed by atoms with Crippen molar-refractivity contribution in [2.75, 3.05) is 30.5 Å². The number of aromatic nitrogens is 4. The molecule has 19 heavy (non-hydrogen) atoms. The number of hydrogen-bond acceptors (Lipinski definition) is 6. The van der Waals surface area contributed by atoms with Crippen LogP contribution in [-0.2, 0) is 13.5 Å². The number of nitrogens with one attached hydrogen (secondary N) is 2. The fourth-order valence-corrected chi connectivity index (χ4v) is 2.03. The number of nitrogens with zero attached hydrogens (tertiary/aromatic N) is 4. The topological polar surface area (TPSA) is 67.7 Å². The van der Waals surface area contributed by atoms with Gasteiger partial charge in [0.05, 0.1) is 5.69 Å². The minimum atomic E-state index is 0.757. The summed E-state index contributed by atoms with van der Waals surface area (Å²) in [6, 6.07) is 3.92. The zero-order chi connectivity index (χ0) is 13.7. The standard InChI is InChI=1S/C12H18N6S/c1-13-10-8-11(16-12(15-10)19-3)14-6-4-9-5-7-18(2)17-9/h5,7-8H,4,6H2,1-3H3,(H2,13,14,15,16). The third-order valence-electron chi connectivity index (χ3n) is 2.60. The number of rotatable bonds is 6. The maximum absolute atomic E-state index is 4.41. The van der Waals surface area contributed by atoms with Gasteiger partial charge in [-0.3, -0.25) is 4.68 Å². The molecule has 6 nitrogen and oxygen atoms in total. The van der Waals surface area contributed by atoms with E-state index in [2.05, 4.69) is 25.7 Å². The van der Waals surface area contributed by atoms with Crippen LogP contribution in [0.25, 0.3) is 0 Å². The molecular formula is C12H18N6S. The second-order valence-electron chi connectivity index (χ2n) is 4.03. The molecule has 0 saturated carbocycles. The third kappa shape index (κ3) is 3.85. The van der Waals surface area contributed by atoms with Gasteiger partial charge in [0, 0.05) is 39.3 Å². The van der Waals surface area contributed by atoms with E-state index in [0.29, 0.717) is 0 Å². The van der Waals surface area contributed by atoms with Gasteiger partial charge >= 0.3 is 0 Å². The monoisotopic (exact) mass is 278 g/mol. The van der Waals surface area contributed by atoms with Crippen LogP contribution in [0.1, 0.15) is 5.69 Å². The Hall–Kier alpha value is -1.76. The van der Waals surface area contributed by atoms with E-state index in [1.54, 1.807) is 0 Å². The Morgan fingerprint density at radius 2 is 2.11 bits per heavy atom. The fraction of sp³-hybridized carbons (Fsp3) is 0.417. The highest BCUT2D eigenvalue weighted by molar-refractivity contribution is 7.98. The first-order chi connectivity index (χ1) is 9.21. The average Bonchev–Trinajstić information content (AvgIpc) is 2.84. The molecule has 0 aromatic carbocycles. The van der Waals surface area contributed by atoms with E-state index in [1.165, 1.54) is 11.8 Å². The molecule has 0 fully saturated rings. The van der Waals surface area contributed by atoms with Gasteiger partial charge in [-0.2, -0.15) is 5.10 Å². The molecule has 0 aliphatic carbocycles. The molecule has 0 bridgehead atoms. The Kier molecular flexibility index (Phi) is 4.62. The molecule has 0 unspecified atom stereocenters.